The van der Waals surface area contributed by atoms with Crippen molar-refractivity contribution in [2.24, 2.45) is 0 Å². The Morgan fingerprint density at radius 3 is 2.93 bits per heavy atom. The molecule has 2 aromatic heterocycles. The van der Waals surface area contributed by atoms with Crippen molar-refractivity contribution in [2.45, 2.75) is 13.3 Å². The highest BCUT2D eigenvalue weighted by Gasteiger charge is 2.15. The maximum atomic E-state index is 10.8. The third-order valence-electron chi connectivity index (χ3n) is 2.19. The molecule has 0 atom stereocenters. The predicted molar refractivity (Wildman–Crippen MR) is 54.6 cm³/mol. The van der Waals surface area contributed by atoms with Crippen LogP contribution in [-0.4, -0.2) is 26.0 Å². The summed E-state index contributed by atoms with van der Waals surface area (Å²) >= 11 is 0. The molecule has 78 valence electrons. The first-order chi connectivity index (χ1) is 7.13. The van der Waals surface area contributed by atoms with Crippen LogP contribution in [0.4, 0.5) is 5.82 Å². The van der Waals surface area contributed by atoms with Crippen molar-refractivity contribution in [3.05, 3.63) is 17.5 Å². The number of nitrogen functional groups attached to an aromatic ring is 1. The zero-order chi connectivity index (χ0) is 11.0. The van der Waals surface area contributed by atoms with Gasteiger partial charge in [-0.2, -0.15) is 0 Å². The van der Waals surface area contributed by atoms with Crippen molar-refractivity contribution in [1.29, 1.82) is 0 Å². The fraction of sp³-hybridized carbons (Fsp3) is 0.222. The first-order valence-electron chi connectivity index (χ1n) is 4.50. The van der Waals surface area contributed by atoms with Gasteiger partial charge in [0.05, 0.1) is 0 Å². The van der Waals surface area contributed by atoms with E-state index >= 15 is 0 Å². The SMILES string of the molecule is CCc1c[nH]c2nc(N)c(C(=O)O)nc12. The number of carbonyl (C=O) groups is 1. The average molecular weight is 206 g/mol. The van der Waals surface area contributed by atoms with Crippen molar-refractivity contribution >= 4 is 23.0 Å². The molecular formula is C9H10N4O2. The number of fused-ring (bicyclic) bond motifs is 1. The molecule has 0 bridgehead atoms. The van der Waals surface area contributed by atoms with Gasteiger partial charge in [-0.15, -0.1) is 0 Å². The first kappa shape index (κ1) is 9.45. The number of anilines is 1. The number of nitrogens with zero attached hydrogens (tertiary/aromatic N) is 2. The molecule has 2 rings (SSSR count). The number of carboxylic acids is 1. The second-order valence-electron chi connectivity index (χ2n) is 3.13. The van der Waals surface area contributed by atoms with E-state index < -0.39 is 5.97 Å². The van der Waals surface area contributed by atoms with Gasteiger partial charge in [0.15, 0.2) is 17.2 Å². The highest BCUT2D eigenvalue weighted by molar-refractivity contribution is 5.93. The molecule has 0 spiro atoms. The number of H-pyrrole nitrogens is 1. The third-order valence-corrected chi connectivity index (χ3v) is 2.19. The normalized spacial score (nSPS) is 10.7. The second kappa shape index (κ2) is 3.23. The molecule has 2 aromatic rings. The second-order valence-corrected chi connectivity index (χ2v) is 3.13. The highest BCUT2D eigenvalue weighted by atomic mass is 16.4. The molecule has 0 aromatic carbocycles. The van der Waals surface area contributed by atoms with E-state index in [0.29, 0.717) is 11.2 Å². The minimum Gasteiger partial charge on any atom is -0.476 e. The van der Waals surface area contributed by atoms with E-state index in [1.54, 1.807) is 6.20 Å². The van der Waals surface area contributed by atoms with Gasteiger partial charge in [-0.25, -0.2) is 14.8 Å². The van der Waals surface area contributed by atoms with Crippen molar-refractivity contribution in [3.8, 4) is 0 Å². The zero-order valence-corrected chi connectivity index (χ0v) is 8.11. The highest BCUT2D eigenvalue weighted by Crippen LogP contribution is 2.18. The molecule has 0 radical (unpaired) electrons. The summed E-state index contributed by atoms with van der Waals surface area (Å²) in [6, 6.07) is 0. The summed E-state index contributed by atoms with van der Waals surface area (Å²) in [5.41, 5.74) is 7.29. The van der Waals surface area contributed by atoms with Gasteiger partial charge in [0, 0.05) is 6.20 Å². The lowest BCUT2D eigenvalue weighted by atomic mass is 10.2. The number of aromatic carboxylic acids is 1. The maximum Gasteiger partial charge on any atom is 0.358 e. The van der Waals surface area contributed by atoms with Gasteiger partial charge in [0.25, 0.3) is 0 Å². The Bertz CT molecular complexity index is 532. The number of hydrogen-bond acceptors (Lipinski definition) is 4. The van der Waals surface area contributed by atoms with Gasteiger partial charge in [0.2, 0.25) is 0 Å². The van der Waals surface area contributed by atoms with E-state index in [4.69, 9.17) is 10.8 Å². The van der Waals surface area contributed by atoms with Gasteiger partial charge in [0.1, 0.15) is 5.52 Å². The van der Waals surface area contributed by atoms with E-state index in [1.165, 1.54) is 0 Å². The Balaban J connectivity index is 2.75. The molecule has 0 fully saturated rings. The lowest BCUT2D eigenvalue weighted by Crippen LogP contribution is -2.07. The standard InChI is InChI=1S/C9H10N4O2/c1-2-4-3-11-8-5(4)12-6(9(14)15)7(10)13-8/h3H,2H2,1H3,(H,14,15)(H3,10,11,13). The lowest BCUT2D eigenvalue weighted by Gasteiger charge is -1.99. The monoisotopic (exact) mass is 206 g/mol. The molecule has 6 nitrogen and oxygen atoms in total. The van der Waals surface area contributed by atoms with Crippen LogP contribution in [0.3, 0.4) is 0 Å². The predicted octanol–water partition coefficient (Wildman–Crippen LogP) is 0.801. The number of rotatable bonds is 2. The summed E-state index contributed by atoms with van der Waals surface area (Å²) in [5.74, 6) is -1.23. The van der Waals surface area contributed by atoms with Crippen molar-refractivity contribution in [1.82, 2.24) is 15.0 Å². The molecule has 0 saturated carbocycles. The topological polar surface area (TPSA) is 105 Å². The van der Waals surface area contributed by atoms with Crippen LogP contribution >= 0.6 is 0 Å². The Morgan fingerprint density at radius 1 is 1.60 bits per heavy atom. The first-order valence-corrected chi connectivity index (χ1v) is 4.50. The van der Waals surface area contributed by atoms with Crippen LogP contribution in [0.5, 0.6) is 0 Å². The molecule has 0 amide bonds. The van der Waals surface area contributed by atoms with E-state index in [1.807, 2.05) is 6.92 Å². The van der Waals surface area contributed by atoms with Gasteiger partial charge >= 0.3 is 5.97 Å². The van der Waals surface area contributed by atoms with Crippen LogP contribution in [0.2, 0.25) is 0 Å². The van der Waals surface area contributed by atoms with E-state index in [-0.39, 0.29) is 11.5 Å². The van der Waals surface area contributed by atoms with E-state index in [0.717, 1.165) is 12.0 Å². The quantitative estimate of drug-likeness (QED) is 0.674. The van der Waals surface area contributed by atoms with Crippen LogP contribution in [0.25, 0.3) is 11.2 Å². The minimum atomic E-state index is -1.16. The Labute approximate surface area is 85.2 Å². The number of aromatic amines is 1. The fourth-order valence-electron chi connectivity index (χ4n) is 1.42. The number of aryl methyl sites for hydroxylation is 1. The summed E-state index contributed by atoms with van der Waals surface area (Å²) in [7, 11) is 0. The number of nitrogens with two attached hydrogens (primary N) is 1. The van der Waals surface area contributed by atoms with E-state index in [9.17, 15) is 4.79 Å². The van der Waals surface area contributed by atoms with Crippen LogP contribution in [0.1, 0.15) is 23.0 Å². The summed E-state index contributed by atoms with van der Waals surface area (Å²) in [4.78, 5) is 21.6. The summed E-state index contributed by atoms with van der Waals surface area (Å²) in [6.07, 6.45) is 2.52. The van der Waals surface area contributed by atoms with Gasteiger partial charge in [-0.1, -0.05) is 6.92 Å². The molecule has 2 heterocycles. The molecule has 0 saturated heterocycles. The fourth-order valence-corrected chi connectivity index (χ4v) is 1.42. The van der Waals surface area contributed by atoms with E-state index in [2.05, 4.69) is 15.0 Å². The molecule has 0 aliphatic rings. The van der Waals surface area contributed by atoms with Gasteiger partial charge in [-0.05, 0) is 12.0 Å². The molecule has 4 N–H and O–H groups in total. The Morgan fingerprint density at radius 2 is 2.33 bits per heavy atom. The number of hydrogen-bond donors (Lipinski definition) is 3. The Hall–Kier alpha value is -2.11. The number of aromatic nitrogens is 3. The van der Waals surface area contributed by atoms with Crippen molar-refractivity contribution < 1.29 is 9.90 Å². The van der Waals surface area contributed by atoms with Crippen LogP contribution in [0, 0.1) is 0 Å². The Kier molecular flexibility index (Phi) is 2.03. The van der Waals surface area contributed by atoms with Crippen molar-refractivity contribution in [3.63, 3.8) is 0 Å². The summed E-state index contributed by atoms with van der Waals surface area (Å²) in [5, 5.41) is 8.83. The summed E-state index contributed by atoms with van der Waals surface area (Å²) < 4.78 is 0. The molecular weight excluding hydrogens is 196 g/mol. The smallest absolute Gasteiger partial charge is 0.358 e. The van der Waals surface area contributed by atoms with Gasteiger partial charge < -0.3 is 15.8 Å². The van der Waals surface area contributed by atoms with Gasteiger partial charge in [-0.3, -0.25) is 0 Å². The number of carboxylic acid groups (broad SMARTS) is 1. The zero-order valence-electron chi connectivity index (χ0n) is 8.11. The maximum absolute atomic E-state index is 10.8. The lowest BCUT2D eigenvalue weighted by molar-refractivity contribution is 0.0692. The van der Waals surface area contributed by atoms with Crippen LogP contribution < -0.4 is 5.73 Å². The number of nitrogens with one attached hydrogen (secondary N) is 1. The molecule has 0 aliphatic carbocycles. The van der Waals surface area contributed by atoms with Crippen LogP contribution in [-0.2, 0) is 6.42 Å². The molecule has 6 heteroatoms. The molecule has 0 aliphatic heterocycles. The summed E-state index contributed by atoms with van der Waals surface area (Å²) in [6.45, 7) is 1.96. The molecule has 0 unspecified atom stereocenters. The third kappa shape index (κ3) is 1.39. The van der Waals surface area contributed by atoms with Crippen molar-refractivity contribution in [2.75, 3.05) is 5.73 Å². The average Bonchev–Trinajstić information content (AvgIpc) is 2.58. The minimum absolute atomic E-state index is 0.0699. The largest absolute Gasteiger partial charge is 0.476 e. The van der Waals surface area contributed by atoms with Crippen LogP contribution in [0.15, 0.2) is 6.20 Å². The molecule has 15 heavy (non-hydrogen) atoms.